The van der Waals surface area contributed by atoms with Gasteiger partial charge in [0.05, 0.1) is 0 Å². The average molecular weight is 293 g/mol. The highest BCUT2D eigenvalue weighted by atomic mass is 35.5. The van der Waals surface area contributed by atoms with Crippen LogP contribution in [-0.4, -0.2) is 11.1 Å². The van der Waals surface area contributed by atoms with Crippen LogP contribution in [-0.2, 0) is 10.5 Å². The molecule has 98 valence electrons. The molecule has 4 heteroatoms. The minimum Gasteiger partial charge on any atom is -0.480 e. The predicted octanol–water partition coefficient (Wildman–Crippen LogP) is 4.40. The molecule has 0 aliphatic carbocycles. The summed E-state index contributed by atoms with van der Waals surface area (Å²) >= 11 is 7.22. The quantitative estimate of drug-likeness (QED) is 0.887. The molecule has 0 saturated heterocycles. The van der Waals surface area contributed by atoms with Crippen LogP contribution >= 0.6 is 23.4 Å². The molecule has 1 atom stereocenters. The molecule has 0 aliphatic rings. The molecule has 1 N–H and O–H groups in total. The van der Waals surface area contributed by atoms with E-state index < -0.39 is 11.2 Å². The van der Waals surface area contributed by atoms with Crippen molar-refractivity contribution in [2.24, 2.45) is 0 Å². The highest BCUT2D eigenvalue weighted by Crippen LogP contribution is 2.31. The monoisotopic (exact) mass is 292 g/mol. The van der Waals surface area contributed by atoms with Crippen molar-refractivity contribution in [3.63, 3.8) is 0 Å². The first-order valence-electron chi connectivity index (χ1n) is 5.80. The van der Waals surface area contributed by atoms with E-state index in [2.05, 4.69) is 0 Å². The van der Waals surface area contributed by atoms with E-state index in [1.165, 1.54) is 11.8 Å². The molecule has 0 saturated carbocycles. The number of benzene rings is 2. The SMILES string of the molecule is O=C(O)C(SCc1ccc(Cl)cc1)c1ccccc1. The summed E-state index contributed by atoms with van der Waals surface area (Å²) in [5.74, 6) is -0.173. The van der Waals surface area contributed by atoms with Crippen molar-refractivity contribution in [1.29, 1.82) is 0 Å². The zero-order chi connectivity index (χ0) is 13.7. The highest BCUT2D eigenvalue weighted by molar-refractivity contribution is 7.99. The van der Waals surface area contributed by atoms with E-state index in [0.29, 0.717) is 10.8 Å². The lowest BCUT2D eigenvalue weighted by Crippen LogP contribution is -2.08. The van der Waals surface area contributed by atoms with Crippen LogP contribution in [0.4, 0.5) is 0 Å². The maximum absolute atomic E-state index is 11.3. The van der Waals surface area contributed by atoms with Gasteiger partial charge in [-0.05, 0) is 23.3 Å². The number of halogens is 1. The minimum absolute atomic E-state index is 0.545. The van der Waals surface area contributed by atoms with E-state index in [0.717, 1.165) is 11.1 Å². The largest absolute Gasteiger partial charge is 0.480 e. The van der Waals surface area contributed by atoms with Gasteiger partial charge in [0.15, 0.2) is 0 Å². The van der Waals surface area contributed by atoms with Crippen LogP contribution in [0.5, 0.6) is 0 Å². The number of hydrogen-bond donors (Lipinski definition) is 1. The van der Waals surface area contributed by atoms with Crippen LogP contribution < -0.4 is 0 Å². The van der Waals surface area contributed by atoms with E-state index in [4.69, 9.17) is 11.6 Å². The van der Waals surface area contributed by atoms with Gasteiger partial charge in [-0.25, -0.2) is 0 Å². The van der Waals surface area contributed by atoms with Crippen molar-refractivity contribution < 1.29 is 9.90 Å². The summed E-state index contributed by atoms with van der Waals surface area (Å²) in [5.41, 5.74) is 1.88. The summed E-state index contributed by atoms with van der Waals surface area (Å²) in [4.78, 5) is 11.3. The smallest absolute Gasteiger partial charge is 0.321 e. The zero-order valence-corrected chi connectivity index (χ0v) is 11.7. The van der Waals surface area contributed by atoms with Gasteiger partial charge in [-0.2, -0.15) is 0 Å². The van der Waals surface area contributed by atoms with E-state index >= 15 is 0 Å². The van der Waals surface area contributed by atoms with Crippen molar-refractivity contribution in [2.75, 3.05) is 0 Å². The minimum atomic E-state index is -0.815. The molecule has 0 radical (unpaired) electrons. The predicted molar refractivity (Wildman–Crippen MR) is 79.6 cm³/mol. The normalized spacial score (nSPS) is 12.1. The number of rotatable bonds is 5. The molecule has 0 aromatic heterocycles. The van der Waals surface area contributed by atoms with Crippen molar-refractivity contribution >= 4 is 29.3 Å². The second-order valence-electron chi connectivity index (χ2n) is 4.07. The average Bonchev–Trinajstić information content (AvgIpc) is 2.42. The summed E-state index contributed by atoms with van der Waals surface area (Å²) < 4.78 is 0. The van der Waals surface area contributed by atoms with Gasteiger partial charge in [-0.1, -0.05) is 54.1 Å². The Morgan fingerprint density at radius 3 is 2.32 bits per heavy atom. The summed E-state index contributed by atoms with van der Waals surface area (Å²) in [7, 11) is 0. The van der Waals surface area contributed by atoms with Crippen LogP contribution in [0.1, 0.15) is 16.4 Å². The molecule has 0 aliphatic heterocycles. The third kappa shape index (κ3) is 4.01. The van der Waals surface area contributed by atoms with Crippen LogP contribution in [0, 0.1) is 0 Å². The molecule has 2 rings (SSSR count). The zero-order valence-electron chi connectivity index (χ0n) is 10.1. The maximum atomic E-state index is 11.3. The lowest BCUT2D eigenvalue weighted by molar-refractivity contribution is -0.136. The molecule has 2 nitrogen and oxygen atoms in total. The summed E-state index contributed by atoms with van der Waals surface area (Å²) in [5, 5.41) is 9.45. The molecule has 2 aromatic rings. The van der Waals surface area contributed by atoms with Gasteiger partial charge >= 0.3 is 5.97 Å². The summed E-state index contributed by atoms with van der Waals surface area (Å²) in [6, 6.07) is 16.7. The van der Waals surface area contributed by atoms with E-state index in [1.54, 1.807) is 0 Å². The van der Waals surface area contributed by atoms with Crippen LogP contribution in [0.3, 0.4) is 0 Å². The van der Waals surface area contributed by atoms with E-state index in [1.807, 2.05) is 54.6 Å². The Labute approximate surface area is 121 Å². The molecule has 0 heterocycles. The fourth-order valence-corrected chi connectivity index (χ4v) is 2.87. The molecule has 19 heavy (non-hydrogen) atoms. The van der Waals surface area contributed by atoms with Crippen LogP contribution in [0.25, 0.3) is 0 Å². The molecule has 0 amide bonds. The Kier molecular flexibility index (Phi) is 4.88. The molecule has 0 fully saturated rings. The summed E-state index contributed by atoms with van der Waals surface area (Å²) in [6.07, 6.45) is 0. The number of carboxylic acid groups (broad SMARTS) is 1. The third-order valence-corrected chi connectivity index (χ3v) is 4.22. The van der Waals surface area contributed by atoms with Crippen molar-refractivity contribution in [2.45, 2.75) is 11.0 Å². The lowest BCUT2D eigenvalue weighted by atomic mass is 10.1. The van der Waals surface area contributed by atoms with Crippen LogP contribution in [0.15, 0.2) is 54.6 Å². The van der Waals surface area contributed by atoms with Gasteiger partial charge in [0, 0.05) is 10.8 Å². The fraction of sp³-hybridized carbons (Fsp3) is 0.133. The Morgan fingerprint density at radius 1 is 1.11 bits per heavy atom. The first-order valence-corrected chi connectivity index (χ1v) is 7.23. The number of hydrogen-bond acceptors (Lipinski definition) is 2. The van der Waals surface area contributed by atoms with Crippen LogP contribution in [0.2, 0.25) is 5.02 Å². The maximum Gasteiger partial charge on any atom is 0.321 e. The fourth-order valence-electron chi connectivity index (χ4n) is 1.70. The van der Waals surface area contributed by atoms with Gasteiger partial charge in [-0.3, -0.25) is 4.79 Å². The van der Waals surface area contributed by atoms with E-state index in [9.17, 15) is 9.90 Å². The molecule has 0 spiro atoms. The Morgan fingerprint density at radius 2 is 1.74 bits per heavy atom. The first-order chi connectivity index (χ1) is 9.16. The summed E-state index contributed by atoms with van der Waals surface area (Å²) in [6.45, 7) is 0. The molecule has 1 unspecified atom stereocenters. The number of carboxylic acids is 1. The van der Waals surface area contributed by atoms with Crippen molar-refractivity contribution in [1.82, 2.24) is 0 Å². The lowest BCUT2D eigenvalue weighted by Gasteiger charge is -2.12. The third-order valence-electron chi connectivity index (χ3n) is 2.66. The molecule has 2 aromatic carbocycles. The number of carbonyl (C=O) groups is 1. The topological polar surface area (TPSA) is 37.3 Å². The molecule has 0 bridgehead atoms. The number of aliphatic carboxylic acids is 1. The van der Waals surface area contributed by atoms with Gasteiger partial charge in [0.2, 0.25) is 0 Å². The van der Waals surface area contributed by atoms with Crippen molar-refractivity contribution in [3.8, 4) is 0 Å². The van der Waals surface area contributed by atoms with Gasteiger partial charge < -0.3 is 5.11 Å². The highest BCUT2D eigenvalue weighted by Gasteiger charge is 2.19. The Bertz CT molecular complexity index is 540. The second kappa shape index (κ2) is 6.64. The standard InChI is InChI=1S/C15H13ClO2S/c16-13-8-6-11(7-9-13)10-19-14(15(17)18)12-4-2-1-3-5-12/h1-9,14H,10H2,(H,17,18). The second-order valence-corrected chi connectivity index (χ2v) is 5.60. The van der Waals surface area contributed by atoms with E-state index in [-0.39, 0.29) is 0 Å². The number of thioether (sulfide) groups is 1. The first kappa shape index (κ1) is 14.0. The van der Waals surface area contributed by atoms with Crippen molar-refractivity contribution in [3.05, 3.63) is 70.7 Å². The Balaban J connectivity index is 2.06. The van der Waals surface area contributed by atoms with Gasteiger partial charge in [0.1, 0.15) is 5.25 Å². The van der Waals surface area contributed by atoms with Gasteiger partial charge in [-0.15, -0.1) is 11.8 Å². The van der Waals surface area contributed by atoms with Gasteiger partial charge in [0.25, 0.3) is 0 Å². The molecular weight excluding hydrogens is 280 g/mol. The molecular formula is C15H13ClO2S. The Hall–Kier alpha value is -1.45.